The summed E-state index contributed by atoms with van der Waals surface area (Å²) in [5.41, 5.74) is 6.66. The first-order chi connectivity index (χ1) is 7.25. The summed E-state index contributed by atoms with van der Waals surface area (Å²) in [5, 5.41) is 2.82. The molecular weight excluding hydrogens is 188 g/mol. The van der Waals surface area contributed by atoms with Crippen LogP contribution in [0.4, 0.5) is 0 Å². The average Bonchev–Trinajstić information content (AvgIpc) is 2.29. The van der Waals surface area contributed by atoms with Gasteiger partial charge in [0.25, 0.3) is 0 Å². The topological polar surface area (TPSA) is 55.1 Å². The summed E-state index contributed by atoms with van der Waals surface area (Å²) in [7, 11) is 0. The van der Waals surface area contributed by atoms with Crippen molar-refractivity contribution in [3.63, 3.8) is 0 Å². The van der Waals surface area contributed by atoms with Crippen LogP contribution in [0.25, 0.3) is 0 Å². The average molecular weight is 206 g/mol. The molecule has 1 amide bonds. The summed E-state index contributed by atoms with van der Waals surface area (Å²) in [6.45, 7) is 2.79. The van der Waals surface area contributed by atoms with Gasteiger partial charge < -0.3 is 11.1 Å². The standard InChI is InChI=1S/C12H18N2O/c1-2-3-9-14-12(15)11(13)10-7-5-4-6-8-10/h4-8,11H,2-3,9,13H2,1H3,(H,14,15)/t11-/m1/s1. The molecule has 82 valence electrons. The van der Waals surface area contributed by atoms with E-state index < -0.39 is 6.04 Å². The van der Waals surface area contributed by atoms with Crippen molar-refractivity contribution in [3.05, 3.63) is 35.9 Å². The van der Waals surface area contributed by atoms with Crippen LogP contribution >= 0.6 is 0 Å². The van der Waals surface area contributed by atoms with E-state index in [0.29, 0.717) is 6.54 Å². The normalized spacial score (nSPS) is 12.1. The zero-order valence-corrected chi connectivity index (χ0v) is 9.07. The second kappa shape index (κ2) is 6.19. The van der Waals surface area contributed by atoms with Crippen LogP contribution in [0, 0.1) is 0 Å². The van der Waals surface area contributed by atoms with Gasteiger partial charge in [-0.3, -0.25) is 4.79 Å². The molecule has 0 heterocycles. The molecule has 0 spiro atoms. The van der Waals surface area contributed by atoms with E-state index in [1.807, 2.05) is 30.3 Å². The highest BCUT2D eigenvalue weighted by Gasteiger charge is 2.13. The Kier molecular flexibility index (Phi) is 4.84. The number of unbranched alkanes of at least 4 members (excludes halogenated alkanes) is 1. The molecule has 0 radical (unpaired) electrons. The molecule has 1 atom stereocenters. The van der Waals surface area contributed by atoms with Crippen molar-refractivity contribution >= 4 is 5.91 Å². The fourth-order valence-electron chi connectivity index (χ4n) is 1.31. The number of carbonyl (C=O) groups is 1. The highest BCUT2D eigenvalue weighted by molar-refractivity contribution is 5.82. The number of nitrogens with two attached hydrogens (primary N) is 1. The van der Waals surface area contributed by atoms with E-state index in [2.05, 4.69) is 12.2 Å². The van der Waals surface area contributed by atoms with Gasteiger partial charge in [-0.15, -0.1) is 0 Å². The third-order valence-corrected chi connectivity index (χ3v) is 2.27. The zero-order chi connectivity index (χ0) is 11.1. The van der Waals surface area contributed by atoms with Crippen molar-refractivity contribution in [2.45, 2.75) is 25.8 Å². The van der Waals surface area contributed by atoms with E-state index in [9.17, 15) is 4.79 Å². The number of hydrogen-bond donors (Lipinski definition) is 2. The summed E-state index contributed by atoms with van der Waals surface area (Å²) in [5.74, 6) is -0.102. The molecule has 0 bridgehead atoms. The number of hydrogen-bond acceptors (Lipinski definition) is 2. The Balaban J connectivity index is 2.46. The van der Waals surface area contributed by atoms with Gasteiger partial charge in [0, 0.05) is 6.54 Å². The summed E-state index contributed by atoms with van der Waals surface area (Å²) in [4.78, 5) is 11.6. The quantitative estimate of drug-likeness (QED) is 0.719. The van der Waals surface area contributed by atoms with Gasteiger partial charge in [-0.2, -0.15) is 0 Å². The molecule has 0 aromatic heterocycles. The number of rotatable bonds is 5. The molecule has 3 heteroatoms. The molecule has 0 saturated heterocycles. The van der Waals surface area contributed by atoms with Crippen LogP contribution in [0.2, 0.25) is 0 Å². The minimum absolute atomic E-state index is 0.102. The molecule has 0 aliphatic carbocycles. The Labute approximate surface area is 90.7 Å². The Morgan fingerprint density at radius 1 is 1.40 bits per heavy atom. The van der Waals surface area contributed by atoms with Crippen LogP contribution in [-0.2, 0) is 4.79 Å². The van der Waals surface area contributed by atoms with E-state index in [1.165, 1.54) is 0 Å². The van der Waals surface area contributed by atoms with Crippen LogP contribution in [-0.4, -0.2) is 12.5 Å². The van der Waals surface area contributed by atoms with Gasteiger partial charge in [-0.1, -0.05) is 43.7 Å². The van der Waals surface area contributed by atoms with E-state index >= 15 is 0 Å². The lowest BCUT2D eigenvalue weighted by atomic mass is 10.1. The van der Waals surface area contributed by atoms with E-state index in [1.54, 1.807) is 0 Å². The van der Waals surface area contributed by atoms with E-state index in [0.717, 1.165) is 18.4 Å². The third kappa shape index (κ3) is 3.72. The molecule has 3 N–H and O–H groups in total. The van der Waals surface area contributed by atoms with Crippen LogP contribution < -0.4 is 11.1 Å². The van der Waals surface area contributed by atoms with Crippen molar-refractivity contribution in [1.82, 2.24) is 5.32 Å². The first-order valence-electron chi connectivity index (χ1n) is 5.34. The lowest BCUT2D eigenvalue weighted by molar-refractivity contribution is -0.122. The minimum atomic E-state index is -0.553. The molecule has 1 rings (SSSR count). The second-order valence-electron chi connectivity index (χ2n) is 3.53. The van der Waals surface area contributed by atoms with Gasteiger partial charge in [0.1, 0.15) is 6.04 Å². The van der Waals surface area contributed by atoms with Crippen molar-refractivity contribution in [2.24, 2.45) is 5.73 Å². The lowest BCUT2D eigenvalue weighted by Crippen LogP contribution is -2.34. The largest absolute Gasteiger partial charge is 0.354 e. The molecule has 0 saturated carbocycles. The number of amides is 1. The molecule has 15 heavy (non-hydrogen) atoms. The van der Waals surface area contributed by atoms with Crippen molar-refractivity contribution < 1.29 is 4.79 Å². The van der Waals surface area contributed by atoms with Gasteiger partial charge in [-0.25, -0.2) is 0 Å². The zero-order valence-electron chi connectivity index (χ0n) is 9.07. The van der Waals surface area contributed by atoms with E-state index in [-0.39, 0.29) is 5.91 Å². The highest BCUT2D eigenvalue weighted by Crippen LogP contribution is 2.08. The van der Waals surface area contributed by atoms with Gasteiger partial charge >= 0.3 is 0 Å². The summed E-state index contributed by atoms with van der Waals surface area (Å²) in [6.07, 6.45) is 2.06. The van der Waals surface area contributed by atoms with Gasteiger partial charge in [0.05, 0.1) is 0 Å². The maximum absolute atomic E-state index is 11.6. The summed E-state index contributed by atoms with van der Waals surface area (Å²) >= 11 is 0. The Morgan fingerprint density at radius 3 is 2.67 bits per heavy atom. The second-order valence-corrected chi connectivity index (χ2v) is 3.53. The smallest absolute Gasteiger partial charge is 0.241 e. The Hall–Kier alpha value is -1.35. The molecule has 0 aliphatic heterocycles. The summed E-state index contributed by atoms with van der Waals surface area (Å²) < 4.78 is 0. The molecule has 0 unspecified atom stereocenters. The molecule has 1 aromatic rings. The first-order valence-corrected chi connectivity index (χ1v) is 5.34. The number of nitrogens with one attached hydrogen (secondary N) is 1. The van der Waals surface area contributed by atoms with Crippen molar-refractivity contribution in [1.29, 1.82) is 0 Å². The SMILES string of the molecule is CCCCNC(=O)[C@H](N)c1ccccc1. The maximum Gasteiger partial charge on any atom is 0.241 e. The Bertz CT molecular complexity index is 298. The fraction of sp³-hybridized carbons (Fsp3) is 0.417. The first kappa shape index (κ1) is 11.7. The van der Waals surface area contributed by atoms with Gasteiger partial charge in [0.2, 0.25) is 5.91 Å². The minimum Gasteiger partial charge on any atom is -0.354 e. The maximum atomic E-state index is 11.6. The predicted octanol–water partition coefficient (Wildman–Crippen LogP) is 1.60. The van der Waals surface area contributed by atoms with Crippen molar-refractivity contribution in [2.75, 3.05) is 6.54 Å². The number of benzene rings is 1. The van der Waals surface area contributed by atoms with E-state index in [4.69, 9.17) is 5.73 Å². The summed E-state index contributed by atoms with van der Waals surface area (Å²) in [6, 6.07) is 8.85. The fourth-order valence-corrected chi connectivity index (χ4v) is 1.31. The van der Waals surface area contributed by atoms with Crippen molar-refractivity contribution in [3.8, 4) is 0 Å². The lowest BCUT2D eigenvalue weighted by Gasteiger charge is -2.11. The van der Waals surface area contributed by atoms with Crippen LogP contribution in [0.1, 0.15) is 31.4 Å². The third-order valence-electron chi connectivity index (χ3n) is 2.27. The van der Waals surface area contributed by atoms with Gasteiger partial charge in [-0.05, 0) is 12.0 Å². The van der Waals surface area contributed by atoms with Gasteiger partial charge in [0.15, 0.2) is 0 Å². The highest BCUT2D eigenvalue weighted by atomic mass is 16.2. The molecule has 3 nitrogen and oxygen atoms in total. The molecule has 0 fully saturated rings. The predicted molar refractivity (Wildman–Crippen MR) is 61.3 cm³/mol. The molecule has 1 aromatic carbocycles. The van der Waals surface area contributed by atoms with Crippen LogP contribution in [0.15, 0.2) is 30.3 Å². The molecule has 0 aliphatic rings. The molecular formula is C12H18N2O. The van der Waals surface area contributed by atoms with Crippen LogP contribution in [0.3, 0.4) is 0 Å². The van der Waals surface area contributed by atoms with Crippen LogP contribution in [0.5, 0.6) is 0 Å². The Morgan fingerprint density at radius 2 is 2.07 bits per heavy atom. The monoisotopic (exact) mass is 206 g/mol. The number of carbonyl (C=O) groups excluding carboxylic acids is 1.